The molecule has 0 aliphatic rings. The first kappa shape index (κ1) is 20.8. The van der Waals surface area contributed by atoms with Crippen LogP contribution in [0.25, 0.3) is 0 Å². The van der Waals surface area contributed by atoms with Gasteiger partial charge >= 0.3 is 0 Å². The van der Waals surface area contributed by atoms with Crippen molar-refractivity contribution < 1.29 is 0 Å². The second-order valence-electron chi connectivity index (χ2n) is 5.73. The Kier molecular flexibility index (Phi) is 11.8. The van der Waals surface area contributed by atoms with Gasteiger partial charge in [-0.05, 0) is 38.8 Å². The van der Waals surface area contributed by atoms with Gasteiger partial charge < -0.3 is 11.5 Å². The minimum absolute atomic E-state index is 0.323. The molecule has 0 saturated heterocycles. The molecule has 0 saturated carbocycles. The first-order valence-corrected chi connectivity index (χ1v) is 9.04. The minimum Gasteiger partial charge on any atom is -0.330 e. The molecule has 20 heavy (non-hydrogen) atoms. The van der Waals surface area contributed by atoms with Gasteiger partial charge in [0.1, 0.15) is 0 Å². The third kappa shape index (κ3) is 7.70. The maximum Gasteiger partial charge on any atom is 0.196 e. The van der Waals surface area contributed by atoms with Gasteiger partial charge in [0.2, 0.25) is 0 Å². The molecule has 2 nitrogen and oxygen atoms in total. The molecule has 0 aromatic carbocycles. The fourth-order valence-corrected chi connectivity index (χ4v) is 3.61. The van der Waals surface area contributed by atoms with Gasteiger partial charge in [0.15, 0.2) is 3.79 Å². The SMILES string of the molecule is CCCCCCCCC(CCN)(CCCN)C(Cl)(Cl)Cl. The Hall–Kier alpha value is 0.790. The molecule has 122 valence electrons. The van der Waals surface area contributed by atoms with E-state index in [0.717, 1.165) is 32.1 Å². The van der Waals surface area contributed by atoms with Crippen LogP contribution in [0, 0.1) is 5.41 Å². The van der Waals surface area contributed by atoms with Gasteiger partial charge in [-0.25, -0.2) is 0 Å². The molecule has 0 aliphatic carbocycles. The van der Waals surface area contributed by atoms with Gasteiger partial charge in [-0.3, -0.25) is 0 Å². The Balaban J connectivity index is 4.42. The zero-order valence-electron chi connectivity index (χ0n) is 12.8. The van der Waals surface area contributed by atoms with Crippen LogP contribution in [0.1, 0.15) is 71.1 Å². The van der Waals surface area contributed by atoms with Crippen molar-refractivity contribution in [2.45, 2.75) is 74.9 Å². The number of unbranched alkanes of at least 4 members (excludes halogenated alkanes) is 5. The molecule has 0 aromatic heterocycles. The number of hydrogen-bond donors (Lipinski definition) is 2. The lowest BCUT2D eigenvalue weighted by Gasteiger charge is -2.40. The highest BCUT2D eigenvalue weighted by atomic mass is 35.6. The minimum atomic E-state index is -1.26. The Morgan fingerprint density at radius 2 is 1.25 bits per heavy atom. The summed E-state index contributed by atoms with van der Waals surface area (Å²) in [5.74, 6) is 0. The number of hydrogen-bond acceptors (Lipinski definition) is 2. The second-order valence-corrected chi connectivity index (χ2v) is 8.01. The van der Waals surface area contributed by atoms with E-state index < -0.39 is 3.79 Å². The highest BCUT2D eigenvalue weighted by molar-refractivity contribution is 6.68. The van der Waals surface area contributed by atoms with Gasteiger partial charge in [-0.2, -0.15) is 0 Å². The first-order valence-electron chi connectivity index (χ1n) is 7.90. The largest absolute Gasteiger partial charge is 0.330 e. The summed E-state index contributed by atoms with van der Waals surface area (Å²) in [5.41, 5.74) is 11.0. The number of rotatable bonds is 12. The average Bonchev–Trinajstić information content (AvgIpc) is 2.38. The van der Waals surface area contributed by atoms with Gasteiger partial charge in [0.05, 0.1) is 0 Å². The molecule has 1 atom stereocenters. The maximum atomic E-state index is 6.27. The lowest BCUT2D eigenvalue weighted by Crippen LogP contribution is -2.38. The maximum absolute atomic E-state index is 6.27. The van der Waals surface area contributed by atoms with E-state index in [0.29, 0.717) is 13.1 Å². The van der Waals surface area contributed by atoms with Gasteiger partial charge in [-0.15, -0.1) is 0 Å². The van der Waals surface area contributed by atoms with Crippen molar-refractivity contribution in [2.75, 3.05) is 13.1 Å². The molecular formula is C15H31Cl3N2. The van der Waals surface area contributed by atoms with Gasteiger partial charge in [0, 0.05) is 5.41 Å². The lowest BCUT2D eigenvalue weighted by atomic mass is 9.76. The van der Waals surface area contributed by atoms with Crippen LogP contribution in [0.2, 0.25) is 0 Å². The van der Waals surface area contributed by atoms with Crippen LogP contribution in [0.3, 0.4) is 0 Å². The first-order chi connectivity index (χ1) is 9.43. The lowest BCUT2D eigenvalue weighted by molar-refractivity contribution is 0.214. The quantitative estimate of drug-likeness (QED) is 0.378. The van der Waals surface area contributed by atoms with Gasteiger partial charge in [0.25, 0.3) is 0 Å². The Morgan fingerprint density at radius 3 is 1.75 bits per heavy atom. The molecule has 0 amide bonds. The highest BCUT2D eigenvalue weighted by Gasteiger charge is 2.46. The standard InChI is InChI=1S/C15H31Cl3N2/c1-2-3-4-5-6-7-9-14(11-13-20,10-8-12-19)15(16,17)18/h2-13,19-20H2,1H3. The topological polar surface area (TPSA) is 52.0 Å². The highest BCUT2D eigenvalue weighted by Crippen LogP contribution is 2.53. The third-order valence-electron chi connectivity index (χ3n) is 4.09. The molecule has 0 fully saturated rings. The number of halogens is 3. The molecule has 5 heteroatoms. The van der Waals surface area contributed by atoms with Crippen LogP contribution in [-0.2, 0) is 0 Å². The third-order valence-corrected chi connectivity index (χ3v) is 5.30. The van der Waals surface area contributed by atoms with Gasteiger partial charge in [-0.1, -0.05) is 80.3 Å². The molecular weight excluding hydrogens is 315 g/mol. The molecule has 0 radical (unpaired) electrons. The zero-order valence-corrected chi connectivity index (χ0v) is 15.0. The smallest absolute Gasteiger partial charge is 0.196 e. The summed E-state index contributed by atoms with van der Waals surface area (Å²) in [7, 11) is 0. The predicted octanol–water partition coefficient (Wildman–Crippen LogP) is 5.18. The summed E-state index contributed by atoms with van der Waals surface area (Å²) in [6.07, 6.45) is 10.8. The summed E-state index contributed by atoms with van der Waals surface area (Å²) in [4.78, 5) is 0. The van der Waals surface area contributed by atoms with E-state index in [2.05, 4.69) is 6.92 Å². The van der Waals surface area contributed by atoms with Crippen LogP contribution in [0.15, 0.2) is 0 Å². The van der Waals surface area contributed by atoms with E-state index in [1.54, 1.807) is 0 Å². The fraction of sp³-hybridized carbons (Fsp3) is 1.00. The van der Waals surface area contributed by atoms with Crippen LogP contribution in [-0.4, -0.2) is 16.9 Å². The molecule has 0 heterocycles. The molecule has 0 spiro atoms. The van der Waals surface area contributed by atoms with Crippen molar-refractivity contribution >= 4 is 34.8 Å². The summed E-state index contributed by atoms with van der Waals surface area (Å²) in [5, 5.41) is 0. The second kappa shape index (κ2) is 11.4. The average molecular weight is 346 g/mol. The van der Waals surface area contributed by atoms with Crippen molar-refractivity contribution in [3.63, 3.8) is 0 Å². The van der Waals surface area contributed by atoms with E-state index in [4.69, 9.17) is 46.3 Å². The number of nitrogens with two attached hydrogens (primary N) is 2. The van der Waals surface area contributed by atoms with Crippen molar-refractivity contribution in [3.05, 3.63) is 0 Å². The molecule has 0 aliphatic heterocycles. The van der Waals surface area contributed by atoms with Crippen molar-refractivity contribution in [1.29, 1.82) is 0 Å². The predicted molar refractivity (Wildman–Crippen MR) is 92.7 cm³/mol. The van der Waals surface area contributed by atoms with Crippen LogP contribution >= 0.6 is 34.8 Å². The Bertz CT molecular complexity index is 232. The molecule has 1 unspecified atom stereocenters. The van der Waals surface area contributed by atoms with E-state index >= 15 is 0 Å². The van der Waals surface area contributed by atoms with Crippen LogP contribution in [0.5, 0.6) is 0 Å². The van der Waals surface area contributed by atoms with Crippen LogP contribution < -0.4 is 11.5 Å². The van der Waals surface area contributed by atoms with E-state index in [9.17, 15) is 0 Å². The summed E-state index contributed by atoms with van der Waals surface area (Å²) >= 11 is 18.8. The Morgan fingerprint density at radius 1 is 0.700 bits per heavy atom. The van der Waals surface area contributed by atoms with Crippen LogP contribution in [0.4, 0.5) is 0 Å². The van der Waals surface area contributed by atoms with E-state index in [1.807, 2.05) is 0 Å². The Labute approximate surface area is 139 Å². The zero-order chi connectivity index (χ0) is 15.5. The molecule has 0 aromatic rings. The monoisotopic (exact) mass is 344 g/mol. The summed E-state index contributed by atoms with van der Waals surface area (Å²) < 4.78 is -1.26. The molecule has 0 rings (SSSR count). The van der Waals surface area contributed by atoms with Crippen molar-refractivity contribution in [1.82, 2.24) is 0 Å². The van der Waals surface area contributed by atoms with E-state index in [-0.39, 0.29) is 5.41 Å². The fourth-order valence-electron chi connectivity index (χ4n) is 2.76. The molecule has 4 N–H and O–H groups in total. The normalized spacial score (nSPS) is 15.3. The summed E-state index contributed by atoms with van der Waals surface area (Å²) in [6, 6.07) is 0. The summed E-state index contributed by atoms with van der Waals surface area (Å²) in [6.45, 7) is 3.40. The number of alkyl halides is 3. The van der Waals surface area contributed by atoms with Crippen molar-refractivity contribution in [3.8, 4) is 0 Å². The van der Waals surface area contributed by atoms with Crippen molar-refractivity contribution in [2.24, 2.45) is 16.9 Å². The molecule has 0 bridgehead atoms. The van der Waals surface area contributed by atoms with E-state index in [1.165, 1.54) is 32.1 Å².